The highest BCUT2D eigenvalue weighted by atomic mass is 16.5. The molecule has 0 aliphatic carbocycles. The van der Waals surface area contributed by atoms with Crippen LogP contribution in [0, 0.1) is 11.8 Å². The molecule has 128 valence electrons. The van der Waals surface area contributed by atoms with Gasteiger partial charge in [-0.05, 0) is 36.2 Å². The van der Waals surface area contributed by atoms with E-state index in [1.165, 1.54) is 12.1 Å². The van der Waals surface area contributed by atoms with Gasteiger partial charge in [0.25, 0.3) is 0 Å². The number of aromatic carboxylic acids is 2. The van der Waals surface area contributed by atoms with Crippen LogP contribution in [0.25, 0.3) is 0 Å². The Morgan fingerprint density at radius 1 is 1.00 bits per heavy atom. The Labute approximate surface area is 145 Å². The predicted octanol–water partition coefficient (Wildman–Crippen LogP) is 4.22. The zero-order chi connectivity index (χ0) is 18.2. The molecule has 0 unspecified atom stereocenters. The molecule has 2 rings (SSSR count). The number of carboxylic acids is 2. The van der Waals surface area contributed by atoms with Crippen molar-refractivity contribution in [1.29, 1.82) is 0 Å². The molecule has 25 heavy (non-hydrogen) atoms. The summed E-state index contributed by atoms with van der Waals surface area (Å²) in [5.41, 5.74) is 0.646. The van der Waals surface area contributed by atoms with Gasteiger partial charge in [-0.3, -0.25) is 0 Å². The molecule has 0 aliphatic heterocycles. The first-order valence-corrected chi connectivity index (χ1v) is 7.84. The Kier molecular flexibility index (Phi) is 6.19. The lowest BCUT2D eigenvalue weighted by Gasteiger charge is -2.11. The van der Waals surface area contributed by atoms with Gasteiger partial charge in [-0.25, -0.2) is 9.59 Å². The minimum Gasteiger partial charge on any atom is -0.478 e. The van der Waals surface area contributed by atoms with Crippen molar-refractivity contribution in [1.82, 2.24) is 0 Å². The van der Waals surface area contributed by atoms with Gasteiger partial charge < -0.3 is 14.9 Å². The normalized spacial score (nSPS) is 9.80. The van der Waals surface area contributed by atoms with E-state index in [1.807, 2.05) is 19.1 Å². The molecule has 2 N–H and O–H groups in total. The smallest absolute Gasteiger partial charge is 0.335 e. The van der Waals surface area contributed by atoms with Gasteiger partial charge in [0.05, 0.1) is 11.1 Å². The number of hydrogen-bond acceptors (Lipinski definition) is 3. The molecule has 0 aromatic heterocycles. The monoisotopic (exact) mass is 338 g/mol. The Hall–Kier alpha value is -3.26. The quantitative estimate of drug-likeness (QED) is 0.770. The maximum Gasteiger partial charge on any atom is 0.335 e. The van der Waals surface area contributed by atoms with Crippen LogP contribution in [0.1, 0.15) is 46.0 Å². The summed E-state index contributed by atoms with van der Waals surface area (Å²) in [7, 11) is 0. The summed E-state index contributed by atoms with van der Waals surface area (Å²) in [6.07, 6.45) is 2.18. The van der Waals surface area contributed by atoms with E-state index in [-0.39, 0.29) is 16.9 Å². The van der Waals surface area contributed by atoms with Gasteiger partial charge in [0.2, 0.25) is 0 Å². The lowest BCUT2D eigenvalue weighted by molar-refractivity contribution is 0.0696. The second-order valence-corrected chi connectivity index (χ2v) is 5.27. The molecule has 0 aliphatic rings. The summed E-state index contributed by atoms with van der Waals surface area (Å²) in [6, 6.07) is 11.1. The van der Waals surface area contributed by atoms with Crippen LogP contribution >= 0.6 is 0 Å². The van der Waals surface area contributed by atoms with E-state index < -0.39 is 11.9 Å². The van der Waals surface area contributed by atoms with E-state index in [2.05, 4.69) is 11.8 Å². The molecule has 0 saturated heterocycles. The summed E-state index contributed by atoms with van der Waals surface area (Å²) >= 11 is 0. The highest BCUT2D eigenvalue weighted by Gasteiger charge is 2.13. The molecule has 5 heteroatoms. The first-order valence-electron chi connectivity index (χ1n) is 7.84. The summed E-state index contributed by atoms with van der Waals surface area (Å²) in [6.45, 7) is 1.99. The Balaban J connectivity index is 2.30. The van der Waals surface area contributed by atoms with E-state index >= 15 is 0 Å². The number of rotatable bonds is 6. The molecule has 2 aromatic carbocycles. The maximum atomic E-state index is 11.2. The van der Waals surface area contributed by atoms with Gasteiger partial charge in [-0.1, -0.05) is 25.1 Å². The fourth-order valence-electron chi connectivity index (χ4n) is 2.25. The zero-order valence-corrected chi connectivity index (χ0v) is 13.8. The number of para-hydroxylation sites is 1. The molecular formula is C20H18O5. The highest BCUT2D eigenvalue weighted by Crippen LogP contribution is 2.28. The number of ether oxygens (including phenoxy) is 1. The third kappa shape index (κ3) is 5.11. The van der Waals surface area contributed by atoms with E-state index in [0.717, 1.165) is 18.1 Å². The second-order valence-electron chi connectivity index (χ2n) is 5.27. The molecule has 0 fully saturated rings. The average molecular weight is 338 g/mol. The third-order valence-electron chi connectivity index (χ3n) is 3.42. The molecule has 0 radical (unpaired) electrons. The van der Waals surface area contributed by atoms with Crippen molar-refractivity contribution in [2.45, 2.75) is 26.2 Å². The van der Waals surface area contributed by atoms with Gasteiger partial charge in [0.1, 0.15) is 11.5 Å². The lowest BCUT2D eigenvalue weighted by Crippen LogP contribution is -2.03. The van der Waals surface area contributed by atoms with Crippen molar-refractivity contribution in [3.8, 4) is 23.3 Å². The Morgan fingerprint density at radius 2 is 1.64 bits per heavy atom. The summed E-state index contributed by atoms with van der Waals surface area (Å²) in [4.78, 5) is 22.4. The minimum absolute atomic E-state index is 0.138. The third-order valence-corrected chi connectivity index (χ3v) is 3.42. The fourth-order valence-corrected chi connectivity index (χ4v) is 2.25. The van der Waals surface area contributed by atoms with Gasteiger partial charge in [0, 0.05) is 12.8 Å². The van der Waals surface area contributed by atoms with E-state index in [4.69, 9.17) is 14.9 Å². The number of benzene rings is 2. The number of hydrogen-bond donors (Lipinski definition) is 2. The van der Waals surface area contributed by atoms with Crippen LogP contribution in [0.4, 0.5) is 0 Å². The van der Waals surface area contributed by atoms with Crippen LogP contribution in [0.15, 0.2) is 42.5 Å². The minimum atomic E-state index is -1.21. The highest BCUT2D eigenvalue weighted by molar-refractivity contribution is 5.94. The van der Waals surface area contributed by atoms with Crippen molar-refractivity contribution >= 4 is 11.9 Å². The molecule has 0 spiro atoms. The molecule has 0 bridgehead atoms. The molecule has 0 heterocycles. The van der Waals surface area contributed by atoms with Crippen molar-refractivity contribution in [2.24, 2.45) is 0 Å². The van der Waals surface area contributed by atoms with Crippen LogP contribution in [0.3, 0.4) is 0 Å². The molecule has 0 atom stereocenters. The molecular weight excluding hydrogens is 320 g/mol. The van der Waals surface area contributed by atoms with Gasteiger partial charge >= 0.3 is 11.9 Å². The van der Waals surface area contributed by atoms with Crippen LogP contribution < -0.4 is 4.74 Å². The number of carbonyl (C=O) groups is 2. The number of aryl methyl sites for hydroxylation is 1. The van der Waals surface area contributed by atoms with Crippen LogP contribution in [0.5, 0.6) is 11.5 Å². The largest absolute Gasteiger partial charge is 0.478 e. The lowest BCUT2D eigenvalue weighted by atomic mass is 10.1. The predicted molar refractivity (Wildman–Crippen MR) is 93.3 cm³/mol. The zero-order valence-electron chi connectivity index (χ0n) is 13.8. The molecule has 2 aromatic rings. The van der Waals surface area contributed by atoms with Crippen LogP contribution in [-0.4, -0.2) is 22.2 Å². The van der Waals surface area contributed by atoms with Crippen LogP contribution in [0.2, 0.25) is 0 Å². The summed E-state index contributed by atoms with van der Waals surface area (Å²) in [5, 5.41) is 18.3. The second kappa shape index (κ2) is 8.55. The Bertz CT molecular complexity index is 810. The van der Waals surface area contributed by atoms with Crippen molar-refractivity contribution in [3.63, 3.8) is 0 Å². The Morgan fingerprint density at radius 3 is 2.24 bits per heavy atom. The van der Waals surface area contributed by atoms with Gasteiger partial charge in [-0.2, -0.15) is 0 Å². The topological polar surface area (TPSA) is 83.8 Å². The van der Waals surface area contributed by atoms with Gasteiger partial charge in [-0.15, -0.1) is 11.8 Å². The first kappa shape index (κ1) is 18.1. The molecule has 0 amide bonds. The van der Waals surface area contributed by atoms with Crippen molar-refractivity contribution in [2.75, 3.05) is 0 Å². The SMILES string of the molecule is CCC#CCCc1ccccc1Oc1cc(C(=O)O)cc(C(=O)O)c1. The van der Waals surface area contributed by atoms with E-state index in [1.54, 1.807) is 12.1 Å². The number of carboxylic acid groups (broad SMARTS) is 2. The van der Waals surface area contributed by atoms with Crippen LogP contribution in [-0.2, 0) is 6.42 Å². The summed E-state index contributed by atoms with van der Waals surface area (Å²) < 4.78 is 5.77. The first-order chi connectivity index (χ1) is 12.0. The summed E-state index contributed by atoms with van der Waals surface area (Å²) in [5.74, 6) is 4.37. The van der Waals surface area contributed by atoms with Gasteiger partial charge in [0.15, 0.2) is 0 Å². The standard InChI is InChI=1S/C20H18O5/c1-2-3-4-5-8-14-9-6-7-10-18(14)25-17-12-15(19(21)22)11-16(13-17)20(23)24/h6-7,9-13H,2,5,8H2,1H3,(H,21,22)(H,23,24). The maximum absolute atomic E-state index is 11.2. The van der Waals surface area contributed by atoms with E-state index in [0.29, 0.717) is 18.6 Å². The molecule has 5 nitrogen and oxygen atoms in total. The van der Waals surface area contributed by atoms with Crippen molar-refractivity contribution < 1.29 is 24.5 Å². The molecule has 0 saturated carbocycles. The van der Waals surface area contributed by atoms with Crippen molar-refractivity contribution in [3.05, 3.63) is 59.2 Å². The van der Waals surface area contributed by atoms with E-state index in [9.17, 15) is 9.59 Å². The average Bonchev–Trinajstić information content (AvgIpc) is 2.59. The fraction of sp³-hybridized carbons (Fsp3) is 0.200.